The zero-order valence-electron chi connectivity index (χ0n) is 19.6. The Balaban J connectivity index is 1.54. The normalized spacial score (nSPS) is 20.4. The maximum Gasteiger partial charge on any atom is 0.255 e. The number of nitrogens with one attached hydrogen (secondary N) is 3. The maximum absolute atomic E-state index is 13.7. The number of amides is 1. The number of likely N-dealkylation sites (tertiary alicyclic amines) is 1. The molecule has 1 amide bonds. The molecule has 1 saturated heterocycles. The highest BCUT2D eigenvalue weighted by atomic mass is 16.5. The van der Waals surface area contributed by atoms with Crippen LogP contribution in [-0.2, 0) is 20.9 Å². The smallest absolute Gasteiger partial charge is 0.255 e. The van der Waals surface area contributed by atoms with Crippen molar-refractivity contribution in [3.05, 3.63) is 63.6 Å². The molecule has 0 radical (unpaired) electrons. The molecule has 1 aliphatic carbocycles. The zero-order chi connectivity index (χ0) is 24.0. The fourth-order valence-electron chi connectivity index (χ4n) is 4.93. The average Bonchev–Trinajstić information content (AvgIpc) is 3.31. The van der Waals surface area contributed by atoms with Crippen molar-refractivity contribution in [2.75, 3.05) is 20.3 Å². The summed E-state index contributed by atoms with van der Waals surface area (Å²) < 4.78 is 11.7. The van der Waals surface area contributed by atoms with E-state index in [1.165, 1.54) is 6.07 Å². The molecule has 2 fully saturated rings. The summed E-state index contributed by atoms with van der Waals surface area (Å²) in [4.78, 5) is 37.8. The molecule has 0 spiro atoms. The Kier molecular flexibility index (Phi) is 7.74. The Morgan fingerprint density at radius 3 is 2.68 bits per heavy atom. The molecule has 1 aromatic carbocycles. The molecule has 1 aromatic heterocycles. The molecule has 9 heteroatoms. The second-order valence-corrected chi connectivity index (χ2v) is 9.05. The number of carbonyl (C=O) groups excluding carboxylic acids is 1. The zero-order valence-corrected chi connectivity index (χ0v) is 19.6. The molecule has 0 unspecified atom stereocenters. The number of benzene rings is 1. The van der Waals surface area contributed by atoms with E-state index in [4.69, 9.17) is 14.9 Å². The number of aromatic amines is 2. The van der Waals surface area contributed by atoms with Crippen LogP contribution in [0.1, 0.15) is 56.2 Å². The molecule has 2 heterocycles. The van der Waals surface area contributed by atoms with Crippen molar-refractivity contribution in [2.24, 2.45) is 4.99 Å². The molecule has 0 bridgehead atoms. The van der Waals surface area contributed by atoms with Gasteiger partial charge in [-0.05, 0) is 25.7 Å². The average molecular weight is 468 g/mol. The number of rotatable bonds is 7. The molecule has 2 aliphatic rings. The molecule has 34 heavy (non-hydrogen) atoms. The van der Waals surface area contributed by atoms with Crippen LogP contribution in [0.5, 0.6) is 0 Å². The van der Waals surface area contributed by atoms with Gasteiger partial charge in [0.2, 0.25) is 5.62 Å². The van der Waals surface area contributed by atoms with E-state index in [2.05, 4.69) is 15.0 Å². The summed E-state index contributed by atoms with van der Waals surface area (Å²) in [6, 6.07) is 10.6. The lowest BCUT2D eigenvalue weighted by Crippen LogP contribution is -2.54. The number of nitrogens with zero attached hydrogens (tertiary/aromatic N) is 2. The highest BCUT2D eigenvalue weighted by Gasteiger charge is 2.46. The first kappa shape index (κ1) is 24.1. The monoisotopic (exact) mass is 467 g/mol. The molecule has 182 valence electrons. The fraction of sp³-hybridized carbons (Fsp3) is 0.520. The molecule has 1 atom stereocenters. The van der Waals surface area contributed by atoms with Crippen LogP contribution in [0.2, 0.25) is 0 Å². The number of hydrogen-bond acceptors (Lipinski definition) is 5. The highest BCUT2D eigenvalue weighted by Crippen LogP contribution is 2.36. The Hall–Kier alpha value is -3.04. The van der Waals surface area contributed by atoms with Gasteiger partial charge in [0.15, 0.2) is 5.84 Å². The largest absolute Gasteiger partial charge is 0.383 e. The maximum atomic E-state index is 13.7. The summed E-state index contributed by atoms with van der Waals surface area (Å²) in [5, 5.41) is 8.21. The van der Waals surface area contributed by atoms with Crippen LogP contribution in [0.4, 0.5) is 0 Å². The second kappa shape index (κ2) is 10.9. The lowest BCUT2D eigenvalue weighted by Gasteiger charge is -2.40. The van der Waals surface area contributed by atoms with Crippen molar-refractivity contribution >= 4 is 11.7 Å². The third-order valence-corrected chi connectivity index (χ3v) is 6.65. The Morgan fingerprint density at radius 1 is 1.18 bits per heavy atom. The number of H-pyrrole nitrogens is 2. The minimum atomic E-state index is -0.890. The SMILES string of the molecule is COC[C@H]1CCCN1C(=O)C1(OCc2cc(=O)[nH]/c(=N\C(=N)c3ccccc3)[nH]2)CCCCC1. The topological polar surface area (TPSA) is 124 Å². The predicted octanol–water partition coefficient (Wildman–Crippen LogP) is 2.49. The minimum absolute atomic E-state index is 0.0303. The number of aromatic nitrogens is 2. The summed E-state index contributed by atoms with van der Waals surface area (Å²) >= 11 is 0. The van der Waals surface area contributed by atoms with E-state index >= 15 is 0 Å². The number of hydrogen-bond donors (Lipinski definition) is 3. The van der Waals surface area contributed by atoms with Gasteiger partial charge in [0.25, 0.3) is 11.5 Å². The number of carbonyl (C=O) groups is 1. The van der Waals surface area contributed by atoms with Crippen LogP contribution < -0.4 is 11.2 Å². The van der Waals surface area contributed by atoms with E-state index in [1.54, 1.807) is 19.2 Å². The van der Waals surface area contributed by atoms with Gasteiger partial charge >= 0.3 is 0 Å². The van der Waals surface area contributed by atoms with Crippen LogP contribution in [0, 0.1) is 5.41 Å². The van der Waals surface area contributed by atoms with Gasteiger partial charge in [0, 0.05) is 31.0 Å². The van der Waals surface area contributed by atoms with E-state index in [-0.39, 0.29) is 35.6 Å². The molecule has 4 rings (SSSR count). The van der Waals surface area contributed by atoms with Crippen molar-refractivity contribution < 1.29 is 14.3 Å². The predicted molar refractivity (Wildman–Crippen MR) is 127 cm³/mol. The summed E-state index contributed by atoms with van der Waals surface area (Å²) in [6.45, 7) is 1.33. The summed E-state index contributed by atoms with van der Waals surface area (Å²) in [7, 11) is 1.66. The van der Waals surface area contributed by atoms with E-state index < -0.39 is 5.60 Å². The van der Waals surface area contributed by atoms with Gasteiger partial charge in [-0.15, -0.1) is 0 Å². The van der Waals surface area contributed by atoms with E-state index in [0.717, 1.165) is 38.6 Å². The summed E-state index contributed by atoms with van der Waals surface area (Å²) in [5.41, 5.74) is 0.0840. The molecular weight excluding hydrogens is 434 g/mol. The fourth-order valence-corrected chi connectivity index (χ4v) is 4.93. The molecular formula is C25H33N5O4. The minimum Gasteiger partial charge on any atom is -0.383 e. The number of amidine groups is 1. The molecule has 9 nitrogen and oxygen atoms in total. The first-order chi connectivity index (χ1) is 16.5. The molecule has 1 saturated carbocycles. The number of methoxy groups -OCH3 is 1. The van der Waals surface area contributed by atoms with Crippen molar-refractivity contribution in [3.63, 3.8) is 0 Å². The Bertz CT molecular complexity index is 1120. The quantitative estimate of drug-likeness (QED) is 0.427. The number of ether oxygens (including phenoxy) is 2. The van der Waals surface area contributed by atoms with Crippen molar-refractivity contribution in [3.8, 4) is 0 Å². The first-order valence-electron chi connectivity index (χ1n) is 12.0. The van der Waals surface area contributed by atoms with Crippen molar-refractivity contribution in [1.29, 1.82) is 5.41 Å². The van der Waals surface area contributed by atoms with Gasteiger partial charge in [-0.3, -0.25) is 20.0 Å². The van der Waals surface area contributed by atoms with Crippen molar-refractivity contribution in [1.82, 2.24) is 14.9 Å². The van der Waals surface area contributed by atoms with E-state index in [1.807, 2.05) is 23.1 Å². The second-order valence-electron chi connectivity index (χ2n) is 9.05. The van der Waals surface area contributed by atoms with Gasteiger partial charge in [-0.1, -0.05) is 49.6 Å². The molecule has 1 aliphatic heterocycles. The van der Waals surface area contributed by atoms with Gasteiger partial charge < -0.3 is 19.4 Å². The van der Waals surface area contributed by atoms with Gasteiger partial charge in [-0.25, -0.2) is 0 Å². The molecule has 2 aromatic rings. The Morgan fingerprint density at radius 2 is 1.94 bits per heavy atom. The van der Waals surface area contributed by atoms with Gasteiger partial charge in [-0.2, -0.15) is 4.99 Å². The lowest BCUT2D eigenvalue weighted by molar-refractivity contribution is -0.167. The van der Waals surface area contributed by atoms with E-state index in [0.29, 0.717) is 30.7 Å². The Labute approximate surface area is 198 Å². The van der Waals surface area contributed by atoms with Crippen LogP contribution in [0.15, 0.2) is 46.2 Å². The highest BCUT2D eigenvalue weighted by molar-refractivity contribution is 5.96. The summed E-state index contributed by atoms with van der Waals surface area (Å²) in [6.07, 6.45) is 6.19. The van der Waals surface area contributed by atoms with Crippen LogP contribution >= 0.6 is 0 Å². The van der Waals surface area contributed by atoms with Gasteiger partial charge in [0.05, 0.1) is 19.3 Å². The third-order valence-electron chi connectivity index (χ3n) is 6.65. The van der Waals surface area contributed by atoms with Crippen LogP contribution in [0.3, 0.4) is 0 Å². The standard InChI is InChI=1S/C25H33N5O4/c1-33-17-20-11-8-14-30(20)23(32)25(12-6-3-7-13-25)34-16-19-15-21(31)28-24(27-19)29-22(26)18-9-4-2-5-10-18/h2,4-5,9-10,15,20H,3,6-8,11-14,16-17H2,1H3,(H3,26,27,28,29,31)/t20-/m1/s1. The molecule has 3 N–H and O–H groups in total. The van der Waals surface area contributed by atoms with E-state index in [9.17, 15) is 9.59 Å². The van der Waals surface area contributed by atoms with Gasteiger partial charge in [0.1, 0.15) is 5.60 Å². The lowest BCUT2D eigenvalue weighted by atomic mass is 9.83. The first-order valence-corrected chi connectivity index (χ1v) is 12.0. The summed E-state index contributed by atoms with van der Waals surface area (Å²) in [5.74, 6) is 0.0649. The third kappa shape index (κ3) is 5.53. The van der Waals surface area contributed by atoms with Crippen molar-refractivity contribution in [2.45, 2.75) is 63.2 Å². The van der Waals surface area contributed by atoms with Crippen LogP contribution in [-0.4, -0.2) is 58.5 Å². The van der Waals surface area contributed by atoms with Crippen LogP contribution in [0.25, 0.3) is 0 Å².